The number of nitrogens with one attached hydrogen (secondary N) is 1. The number of halogens is 1. The molecule has 0 fully saturated rings. The summed E-state index contributed by atoms with van der Waals surface area (Å²) in [6.07, 6.45) is 2.07. The van der Waals surface area contributed by atoms with Crippen LogP contribution in [0, 0.1) is 5.82 Å². The lowest BCUT2D eigenvalue weighted by Crippen LogP contribution is -2.16. The molecule has 0 aliphatic carbocycles. The zero-order valence-corrected chi connectivity index (χ0v) is 10.3. The molecule has 3 N–H and O–H groups in total. The van der Waals surface area contributed by atoms with Crippen molar-refractivity contribution in [3.63, 3.8) is 0 Å². The van der Waals surface area contributed by atoms with Crippen LogP contribution in [0.15, 0.2) is 18.2 Å². The normalized spacial score (nSPS) is 10.5. The van der Waals surface area contributed by atoms with E-state index in [0.717, 1.165) is 31.5 Å². The van der Waals surface area contributed by atoms with Gasteiger partial charge in [0.25, 0.3) is 0 Å². The van der Waals surface area contributed by atoms with E-state index < -0.39 is 0 Å². The number of rotatable bonds is 8. The molecule has 0 saturated heterocycles. The number of hydrogen-bond donors (Lipinski definition) is 2. The molecule has 0 atom stereocenters. The molecule has 17 heavy (non-hydrogen) atoms. The van der Waals surface area contributed by atoms with Gasteiger partial charge in [0.2, 0.25) is 0 Å². The lowest BCUT2D eigenvalue weighted by atomic mass is 10.2. The van der Waals surface area contributed by atoms with Gasteiger partial charge in [0.1, 0.15) is 0 Å². The summed E-state index contributed by atoms with van der Waals surface area (Å²) >= 11 is 0. The first-order valence-electron chi connectivity index (χ1n) is 6.10. The SMILES string of the molecule is CCOc1ccc(CNCCCCN)cc1F. The van der Waals surface area contributed by atoms with Crippen molar-refractivity contribution < 1.29 is 9.13 Å². The van der Waals surface area contributed by atoms with Crippen LogP contribution in [0.4, 0.5) is 4.39 Å². The largest absolute Gasteiger partial charge is 0.491 e. The van der Waals surface area contributed by atoms with Crippen LogP contribution in [0.2, 0.25) is 0 Å². The van der Waals surface area contributed by atoms with Crippen molar-refractivity contribution in [1.82, 2.24) is 5.32 Å². The number of benzene rings is 1. The fourth-order valence-corrected chi connectivity index (χ4v) is 1.55. The van der Waals surface area contributed by atoms with Crippen molar-refractivity contribution in [2.24, 2.45) is 5.73 Å². The Kier molecular flexibility index (Phi) is 6.58. The summed E-state index contributed by atoms with van der Waals surface area (Å²) < 4.78 is 18.6. The summed E-state index contributed by atoms with van der Waals surface area (Å²) in [5.41, 5.74) is 6.32. The summed E-state index contributed by atoms with van der Waals surface area (Å²) in [6, 6.07) is 5.07. The smallest absolute Gasteiger partial charge is 0.165 e. The highest BCUT2D eigenvalue weighted by Gasteiger charge is 2.03. The third-order valence-corrected chi connectivity index (χ3v) is 2.43. The van der Waals surface area contributed by atoms with Crippen molar-refractivity contribution >= 4 is 0 Å². The Morgan fingerprint density at radius 1 is 1.35 bits per heavy atom. The minimum atomic E-state index is -0.298. The van der Waals surface area contributed by atoms with Gasteiger partial charge in [0.05, 0.1) is 6.61 Å². The van der Waals surface area contributed by atoms with Crippen LogP contribution in [-0.4, -0.2) is 19.7 Å². The summed E-state index contributed by atoms with van der Waals surface area (Å²) in [7, 11) is 0. The molecule has 3 nitrogen and oxygen atoms in total. The number of nitrogens with two attached hydrogens (primary N) is 1. The lowest BCUT2D eigenvalue weighted by Gasteiger charge is -2.08. The van der Waals surface area contributed by atoms with Gasteiger partial charge in [-0.05, 0) is 50.6 Å². The molecule has 0 heterocycles. The van der Waals surface area contributed by atoms with Crippen LogP contribution in [0.25, 0.3) is 0 Å². The Morgan fingerprint density at radius 3 is 2.82 bits per heavy atom. The van der Waals surface area contributed by atoms with E-state index >= 15 is 0 Å². The highest BCUT2D eigenvalue weighted by atomic mass is 19.1. The average Bonchev–Trinajstić information content (AvgIpc) is 2.32. The Hall–Kier alpha value is -1.13. The Bertz CT molecular complexity index is 331. The number of hydrogen-bond acceptors (Lipinski definition) is 3. The molecule has 0 bridgehead atoms. The molecular weight excluding hydrogens is 219 g/mol. The van der Waals surface area contributed by atoms with Crippen LogP contribution in [-0.2, 0) is 6.54 Å². The maximum Gasteiger partial charge on any atom is 0.165 e. The first-order chi connectivity index (χ1) is 8.27. The number of ether oxygens (including phenoxy) is 1. The monoisotopic (exact) mass is 240 g/mol. The second-order valence-corrected chi connectivity index (χ2v) is 3.87. The Balaban J connectivity index is 2.36. The Morgan fingerprint density at radius 2 is 2.18 bits per heavy atom. The molecule has 4 heteroatoms. The quantitative estimate of drug-likeness (QED) is 0.684. The first kappa shape index (κ1) is 13.9. The predicted octanol–water partition coefficient (Wildman–Crippen LogP) is 2.05. The molecule has 0 unspecified atom stereocenters. The first-order valence-corrected chi connectivity index (χ1v) is 6.10. The van der Waals surface area contributed by atoms with Crippen LogP contribution in [0.1, 0.15) is 25.3 Å². The van der Waals surface area contributed by atoms with Crippen molar-refractivity contribution in [3.05, 3.63) is 29.6 Å². The zero-order chi connectivity index (χ0) is 12.5. The topological polar surface area (TPSA) is 47.3 Å². The van der Waals surface area contributed by atoms with E-state index in [1.54, 1.807) is 6.07 Å². The van der Waals surface area contributed by atoms with Crippen LogP contribution in [0.5, 0.6) is 5.75 Å². The van der Waals surface area contributed by atoms with Crippen LogP contribution < -0.4 is 15.8 Å². The number of unbranched alkanes of at least 4 members (excludes halogenated alkanes) is 1. The molecule has 1 aromatic rings. The molecule has 0 spiro atoms. The van der Waals surface area contributed by atoms with E-state index in [2.05, 4.69) is 5.32 Å². The van der Waals surface area contributed by atoms with E-state index in [9.17, 15) is 4.39 Å². The van der Waals surface area contributed by atoms with Gasteiger partial charge in [-0.3, -0.25) is 0 Å². The summed E-state index contributed by atoms with van der Waals surface area (Å²) in [5, 5.41) is 3.25. The average molecular weight is 240 g/mol. The van der Waals surface area contributed by atoms with Gasteiger partial charge in [0.15, 0.2) is 11.6 Å². The molecule has 0 aliphatic heterocycles. The second kappa shape index (κ2) is 8.03. The maximum absolute atomic E-state index is 13.5. The molecule has 1 rings (SSSR count). The minimum absolute atomic E-state index is 0.298. The summed E-state index contributed by atoms with van der Waals surface area (Å²) in [5.74, 6) is 0.0208. The fourth-order valence-electron chi connectivity index (χ4n) is 1.55. The van der Waals surface area contributed by atoms with Crippen molar-refractivity contribution in [2.75, 3.05) is 19.7 Å². The third kappa shape index (κ3) is 5.15. The van der Waals surface area contributed by atoms with E-state index in [1.165, 1.54) is 6.07 Å². The van der Waals surface area contributed by atoms with Gasteiger partial charge in [-0.2, -0.15) is 0 Å². The molecule has 0 aliphatic rings. The highest BCUT2D eigenvalue weighted by molar-refractivity contribution is 5.29. The summed E-state index contributed by atoms with van der Waals surface area (Å²) in [4.78, 5) is 0. The molecule has 1 aromatic carbocycles. The second-order valence-electron chi connectivity index (χ2n) is 3.87. The van der Waals surface area contributed by atoms with Crippen molar-refractivity contribution in [3.8, 4) is 5.75 Å². The summed E-state index contributed by atoms with van der Waals surface area (Å²) in [6.45, 7) is 4.62. The standard InChI is InChI=1S/C13H21FN2O/c1-2-17-13-6-5-11(9-12(13)14)10-16-8-4-3-7-15/h5-6,9,16H,2-4,7-8,10,15H2,1H3. The maximum atomic E-state index is 13.5. The van der Waals surface area contributed by atoms with E-state index in [0.29, 0.717) is 18.9 Å². The molecule has 96 valence electrons. The zero-order valence-electron chi connectivity index (χ0n) is 10.3. The Labute approximate surface area is 102 Å². The van der Waals surface area contributed by atoms with Crippen molar-refractivity contribution in [2.45, 2.75) is 26.3 Å². The van der Waals surface area contributed by atoms with Gasteiger partial charge in [-0.15, -0.1) is 0 Å². The van der Waals surface area contributed by atoms with E-state index in [-0.39, 0.29) is 5.82 Å². The molecule has 0 amide bonds. The third-order valence-electron chi connectivity index (χ3n) is 2.43. The van der Waals surface area contributed by atoms with Gasteiger partial charge in [0, 0.05) is 6.54 Å². The minimum Gasteiger partial charge on any atom is -0.491 e. The predicted molar refractivity (Wildman–Crippen MR) is 67.6 cm³/mol. The lowest BCUT2D eigenvalue weighted by molar-refractivity contribution is 0.321. The van der Waals surface area contributed by atoms with Crippen LogP contribution in [0.3, 0.4) is 0 Å². The van der Waals surface area contributed by atoms with Gasteiger partial charge >= 0.3 is 0 Å². The molecule has 0 radical (unpaired) electrons. The van der Waals surface area contributed by atoms with Gasteiger partial charge in [-0.1, -0.05) is 6.07 Å². The van der Waals surface area contributed by atoms with Crippen molar-refractivity contribution in [1.29, 1.82) is 0 Å². The van der Waals surface area contributed by atoms with E-state index in [1.807, 2.05) is 13.0 Å². The van der Waals surface area contributed by atoms with Crippen LogP contribution >= 0.6 is 0 Å². The molecular formula is C13H21FN2O. The fraction of sp³-hybridized carbons (Fsp3) is 0.538. The highest BCUT2D eigenvalue weighted by Crippen LogP contribution is 2.18. The van der Waals surface area contributed by atoms with Gasteiger partial charge < -0.3 is 15.8 Å². The molecule has 0 saturated carbocycles. The van der Waals surface area contributed by atoms with Gasteiger partial charge in [-0.25, -0.2) is 4.39 Å². The molecule has 0 aromatic heterocycles. The van der Waals surface area contributed by atoms with E-state index in [4.69, 9.17) is 10.5 Å².